The van der Waals surface area contributed by atoms with Crippen LogP contribution in [-0.2, 0) is 4.74 Å². The second-order valence-electron chi connectivity index (χ2n) is 3.72. The van der Waals surface area contributed by atoms with Gasteiger partial charge in [-0.3, -0.25) is 0 Å². The molecule has 1 aromatic carbocycles. The van der Waals surface area contributed by atoms with Gasteiger partial charge in [0.2, 0.25) is 0 Å². The first-order valence-electron chi connectivity index (χ1n) is 5.10. The van der Waals surface area contributed by atoms with Crippen molar-refractivity contribution in [3.05, 3.63) is 29.8 Å². The van der Waals surface area contributed by atoms with Crippen LogP contribution in [0.5, 0.6) is 0 Å². The fourth-order valence-electron chi connectivity index (χ4n) is 1.25. The molecule has 0 bridgehead atoms. The maximum absolute atomic E-state index is 5.43. The minimum Gasteiger partial charge on any atom is -0.383 e. The molecule has 0 aromatic heterocycles. The van der Waals surface area contributed by atoms with Crippen LogP contribution in [0.1, 0.15) is 19.4 Å². The van der Waals surface area contributed by atoms with E-state index in [1.807, 2.05) is 13.8 Å². The number of ether oxygens (including phenoxy) is 1. The molecule has 0 radical (unpaired) electrons. The summed E-state index contributed by atoms with van der Waals surface area (Å²) in [4.78, 5) is 0. The van der Waals surface area contributed by atoms with Crippen molar-refractivity contribution in [1.29, 1.82) is 0 Å². The Morgan fingerprint density at radius 3 is 2.79 bits per heavy atom. The maximum Gasteiger partial charge on any atom is 0.0642 e. The Hall–Kier alpha value is -1.02. The average Bonchev–Trinajstić information content (AvgIpc) is 2.12. The Bertz CT molecular complexity index is 271. The molecule has 0 spiro atoms. The largest absolute Gasteiger partial charge is 0.383 e. The van der Waals surface area contributed by atoms with Crippen LogP contribution in [-0.4, -0.2) is 19.3 Å². The summed E-state index contributed by atoms with van der Waals surface area (Å²) in [7, 11) is 0. The van der Waals surface area contributed by atoms with Crippen molar-refractivity contribution in [1.82, 2.24) is 0 Å². The minimum absolute atomic E-state index is 0.314. The van der Waals surface area contributed by atoms with Crippen LogP contribution >= 0.6 is 0 Å². The summed E-state index contributed by atoms with van der Waals surface area (Å²) in [5.74, 6) is 0. The van der Waals surface area contributed by atoms with Crippen LogP contribution in [0.4, 0.5) is 5.69 Å². The fourth-order valence-corrected chi connectivity index (χ4v) is 1.25. The molecule has 1 N–H and O–H groups in total. The second kappa shape index (κ2) is 5.66. The van der Waals surface area contributed by atoms with Crippen LogP contribution in [0.2, 0.25) is 0 Å². The molecule has 0 fully saturated rings. The molecule has 0 atom stereocenters. The summed E-state index contributed by atoms with van der Waals surface area (Å²) in [5, 5.41) is 3.32. The zero-order valence-corrected chi connectivity index (χ0v) is 9.21. The number of rotatable bonds is 5. The molecule has 1 aromatic rings. The SMILES string of the molecule is Cc1cccc(NCCOC(C)C)c1. The number of hydrogen-bond acceptors (Lipinski definition) is 2. The highest BCUT2D eigenvalue weighted by molar-refractivity contribution is 5.45. The van der Waals surface area contributed by atoms with Gasteiger partial charge in [-0.1, -0.05) is 12.1 Å². The molecule has 0 aliphatic rings. The Balaban J connectivity index is 2.25. The van der Waals surface area contributed by atoms with Gasteiger partial charge in [0, 0.05) is 12.2 Å². The molecule has 0 saturated heterocycles. The molecule has 0 heterocycles. The van der Waals surface area contributed by atoms with Crippen molar-refractivity contribution in [2.24, 2.45) is 0 Å². The summed E-state index contributed by atoms with van der Waals surface area (Å²) in [5.41, 5.74) is 2.44. The maximum atomic E-state index is 5.43. The highest BCUT2D eigenvalue weighted by Gasteiger charge is 1.94. The summed E-state index contributed by atoms with van der Waals surface area (Å²) < 4.78 is 5.43. The third kappa shape index (κ3) is 4.28. The van der Waals surface area contributed by atoms with E-state index in [1.54, 1.807) is 0 Å². The number of anilines is 1. The van der Waals surface area contributed by atoms with Crippen molar-refractivity contribution in [3.63, 3.8) is 0 Å². The van der Waals surface area contributed by atoms with E-state index < -0.39 is 0 Å². The molecular formula is C12H19NO. The molecule has 0 aliphatic carbocycles. The molecule has 1 rings (SSSR count). The molecule has 0 saturated carbocycles. The fraction of sp³-hybridized carbons (Fsp3) is 0.500. The standard InChI is InChI=1S/C12H19NO/c1-10(2)14-8-7-13-12-6-4-5-11(3)9-12/h4-6,9-10,13H,7-8H2,1-3H3. The van der Waals surface area contributed by atoms with E-state index >= 15 is 0 Å². The van der Waals surface area contributed by atoms with E-state index in [1.165, 1.54) is 5.56 Å². The van der Waals surface area contributed by atoms with Crippen molar-refractivity contribution in [2.45, 2.75) is 26.9 Å². The second-order valence-corrected chi connectivity index (χ2v) is 3.72. The van der Waals surface area contributed by atoms with E-state index in [-0.39, 0.29) is 0 Å². The molecular weight excluding hydrogens is 174 g/mol. The third-order valence-electron chi connectivity index (χ3n) is 1.90. The Morgan fingerprint density at radius 1 is 1.36 bits per heavy atom. The van der Waals surface area contributed by atoms with Crippen molar-refractivity contribution < 1.29 is 4.74 Å². The smallest absolute Gasteiger partial charge is 0.0642 e. The van der Waals surface area contributed by atoms with Crippen LogP contribution in [0, 0.1) is 6.92 Å². The lowest BCUT2D eigenvalue weighted by molar-refractivity contribution is 0.0870. The molecule has 78 valence electrons. The van der Waals surface area contributed by atoms with Crippen molar-refractivity contribution in [2.75, 3.05) is 18.5 Å². The zero-order valence-electron chi connectivity index (χ0n) is 9.21. The van der Waals surface area contributed by atoms with Gasteiger partial charge in [0.1, 0.15) is 0 Å². The van der Waals surface area contributed by atoms with E-state index in [0.717, 1.165) is 18.8 Å². The summed E-state index contributed by atoms with van der Waals surface area (Å²) >= 11 is 0. The van der Waals surface area contributed by atoms with Crippen LogP contribution < -0.4 is 5.32 Å². The van der Waals surface area contributed by atoms with Crippen LogP contribution in [0.25, 0.3) is 0 Å². The topological polar surface area (TPSA) is 21.3 Å². The predicted octanol–water partition coefficient (Wildman–Crippen LogP) is 2.83. The quantitative estimate of drug-likeness (QED) is 0.726. The van der Waals surface area contributed by atoms with E-state index in [4.69, 9.17) is 4.74 Å². The number of benzene rings is 1. The third-order valence-corrected chi connectivity index (χ3v) is 1.90. The van der Waals surface area contributed by atoms with E-state index in [2.05, 4.69) is 36.5 Å². The summed E-state index contributed by atoms with van der Waals surface area (Å²) in [6.45, 7) is 7.81. The summed E-state index contributed by atoms with van der Waals surface area (Å²) in [6.07, 6.45) is 0.314. The predicted molar refractivity (Wildman–Crippen MR) is 60.8 cm³/mol. The number of hydrogen-bond donors (Lipinski definition) is 1. The van der Waals surface area contributed by atoms with Crippen LogP contribution in [0.15, 0.2) is 24.3 Å². The van der Waals surface area contributed by atoms with Gasteiger partial charge in [0.05, 0.1) is 12.7 Å². The van der Waals surface area contributed by atoms with Gasteiger partial charge < -0.3 is 10.1 Å². The lowest BCUT2D eigenvalue weighted by Gasteiger charge is -2.09. The van der Waals surface area contributed by atoms with E-state index in [0.29, 0.717) is 6.10 Å². The Morgan fingerprint density at radius 2 is 2.14 bits per heavy atom. The van der Waals surface area contributed by atoms with Gasteiger partial charge in [-0.05, 0) is 38.5 Å². The van der Waals surface area contributed by atoms with Gasteiger partial charge in [0.25, 0.3) is 0 Å². The summed E-state index contributed by atoms with van der Waals surface area (Å²) in [6, 6.07) is 8.36. The van der Waals surface area contributed by atoms with Gasteiger partial charge in [-0.25, -0.2) is 0 Å². The lowest BCUT2D eigenvalue weighted by Crippen LogP contribution is -2.13. The normalized spacial score (nSPS) is 10.6. The zero-order chi connectivity index (χ0) is 10.4. The van der Waals surface area contributed by atoms with Gasteiger partial charge >= 0.3 is 0 Å². The minimum atomic E-state index is 0.314. The van der Waals surface area contributed by atoms with E-state index in [9.17, 15) is 0 Å². The lowest BCUT2D eigenvalue weighted by atomic mass is 10.2. The highest BCUT2D eigenvalue weighted by atomic mass is 16.5. The van der Waals surface area contributed by atoms with Crippen molar-refractivity contribution in [3.8, 4) is 0 Å². The average molecular weight is 193 g/mol. The molecule has 2 heteroatoms. The first-order valence-corrected chi connectivity index (χ1v) is 5.10. The number of aryl methyl sites for hydroxylation is 1. The Labute approximate surface area is 86.3 Å². The molecule has 0 amide bonds. The molecule has 0 unspecified atom stereocenters. The monoisotopic (exact) mass is 193 g/mol. The molecule has 0 aliphatic heterocycles. The van der Waals surface area contributed by atoms with Gasteiger partial charge in [0.15, 0.2) is 0 Å². The first kappa shape index (κ1) is 11.1. The Kier molecular flexibility index (Phi) is 4.47. The molecule has 2 nitrogen and oxygen atoms in total. The first-order chi connectivity index (χ1) is 6.68. The highest BCUT2D eigenvalue weighted by Crippen LogP contribution is 2.08. The van der Waals surface area contributed by atoms with Gasteiger partial charge in [-0.15, -0.1) is 0 Å². The molecule has 14 heavy (non-hydrogen) atoms. The van der Waals surface area contributed by atoms with Crippen LogP contribution in [0.3, 0.4) is 0 Å². The van der Waals surface area contributed by atoms with Crippen molar-refractivity contribution >= 4 is 5.69 Å². The number of nitrogens with one attached hydrogen (secondary N) is 1. The van der Waals surface area contributed by atoms with Gasteiger partial charge in [-0.2, -0.15) is 0 Å².